The van der Waals surface area contributed by atoms with Crippen molar-refractivity contribution in [2.24, 2.45) is 0 Å². The lowest BCUT2D eigenvalue weighted by atomic mass is 10.0. The number of benzene rings is 1. The maximum absolute atomic E-state index is 13.6. The Hall–Kier alpha value is -2.78. The summed E-state index contributed by atoms with van der Waals surface area (Å²) in [6, 6.07) is 4.13. The van der Waals surface area contributed by atoms with Gasteiger partial charge in [-0.25, -0.2) is 4.39 Å². The molecular formula is C27H35FN4O4. The fraction of sp³-hybridized carbons (Fsp3) is 0.593. The topological polar surface area (TPSA) is 89.5 Å². The number of amides is 1. The molecule has 0 spiro atoms. The van der Waals surface area contributed by atoms with Gasteiger partial charge in [0.1, 0.15) is 6.17 Å². The average Bonchev–Trinajstić information content (AvgIpc) is 3.54. The number of aromatic amines is 1. The number of rotatable bonds is 8. The molecule has 2 aromatic heterocycles. The Bertz CT molecular complexity index is 1290. The molecule has 1 atom stereocenters. The van der Waals surface area contributed by atoms with E-state index in [-0.39, 0.29) is 30.2 Å². The van der Waals surface area contributed by atoms with Gasteiger partial charge in [-0.05, 0) is 57.2 Å². The highest BCUT2D eigenvalue weighted by atomic mass is 19.1. The molecule has 1 aliphatic carbocycles. The van der Waals surface area contributed by atoms with Crippen LogP contribution in [0, 0.1) is 6.92 Å². The molecule has 1 saturated carbocycles. The summed E-state index contributed by atoms with van der Waals surface area (Å²) < 4.78 is 25.9. The molecule has 1 saturated heterocycles. The summed E-state index contributed by atoms with van der Waals surface area (Å²) in [5.41, 5.74) is 2.91. The minimum absolute atomic E-state index is 0.000557. The molecule has 36 heavy (non-hydrogen) atoms. The van der Waals surface area contributed by atoms with E-state index in [1.54, 1.807) is 6.20 Å². The van der Waals surface area contributed by atoms with Gasteiger partial charge in [-0.2, -0.15) is 5.10 Å². The van der Waals surface area contributed by atoms with E-state index in [1.165, 1.54) is 19.8 Å². The normalized spacial score (nSPS) is 18.5. The van der Waals surface area contributed by atoms with E-state index < -0.39 is 6.17 Å². The number of aromatic nitrogens is 3. The summed E-state index contributed by atoms with van der Waals surface area (Å²) in [4.78, 5) is 31.2. The fourth-order valence-corrected chi connectivity index (χ4v) is 5.57. The molecule has 1 aliphatic heterocycles. The lowest BCUT2D eigenvalue weighted by Crippen LogP contribution is -2.41. The van der Waals surface area contributed by atoms with Crippen molar-refractivity contribution in [1.82, 2.24) is 19.7 Å². The number of hydrogen-bond acceptors (Lipinski definition) is 5. The second-order valence-electron chi connectivity index (χ2n) is 10.2. The Labute approximate surface area is 209 Å². The summed E-state index contributed by atoms with van der Waals surface area (Å²) in [5, 5.41) is 6.02. The van der Waals surface area contributed by atoms with Crippen LogP contribution in [0.25, 0.3) is 21.8 Å². The Morgan fingerprint density at radius 1 is 1.17 bits per heavy atom. The van der Waals surface area contributed by atoms with Gasteiger partial charge in [-0.3, -0.25) is 14.3 Å². The number of piperidine rings is 1. The van der Waals surface area contributed by atoms with E-state index in [0.717, 1.165) is 47.7 Å². The first-order chi connectivity index (χ1) is 17.4. The maximum Gasteiger partial charge on any atom is 0.259 e. The highest BCUT2D eigenvalue weighted by molar-refractivity contribution is 6.07. The van der Waals surface area contributed by atoms with Crippen molar-refractivity contribution in [3.8, 4) is 0 Å². The summed E-state index contributed by atoms with van der Waals surface area (Å²) in [6.45, 7) is 5.50. The maximum atomic E-state index is 13.6. The Balaban J connectivity index is 1.33. The lowest BCUT2D eigenvalue weighted by molar-refractivity contribution is -0.0256. The summed E-state index contributed by atoms with van der Waals surface area (Å²) in [5.74, 6) is -0.000557. The number of nitrogens with zero attached hydrogens (tertiary/aromatic N) is 3. The van der Waals surface area contributed by atoms with Gasteiger partial charge in [-0.15, -0.1) is 0 Å². The first-order valence-electron chi connectivity index (χ1n) is 13.1. The number of pyridine rings is 1. The molecule has 1 N–H and O–H groups in total. The Morgan fingerprint density at radius 2 is 1.92 bits per heavy atom. The third kappa shape index (κ3) is 5.04. The SMILES string of the molecule is Cc1cc2[nH]c(=O)c3cnn(C4CCCC4)c3c2cc1C(=O)N1CCC(OCCOCC(C)F)CC1. The van der Waals surface area contributed by atoms with E-state index >= 15 is 0 Å². The minimum atomic E-state index is -0.975. The second-order valence-corrected chi connectivity index (χ2v) is 10.2. The van der Waals surface area contributed by atoms with Gasteiger partial charge in [0, 0.05) is 24.0 Å². The van der Waals surface area contributed by atoms with Gasteiger partial charge in [0.05, 0.1) is 54.6 Å². The van der Waals surface area contributed by atoms with Gasteiger partial charge in [-0.1, -0.05) is 12.8 Å². The van der Waals surface area contributed by atoms with Gasteiger partial charge < -0.3 is 19.4 Å². The van der Waals surface area contributed by atoms with Gasteiger partial charge >= 0.3 is 0 Å². The molecule has 8 nitrogen and oxygen atoms in total. The molecule has 194 valence electrons. The van der Waals surface area contributed by atoms with Crippen molar-refractivity contribution >= 4 is 27.7 Å². The highest BCUT2D eigenvalue weighted by Gasteiger charge is 2.27. The van der Waals surface area contributed by atoms with E-state index in [4.69, 9.17) is 9.47 Å². The number of ether oxygens (including phenoxy) is 2. The zero-order valence-electron chi connectivity index (χ0n) is 21.1. The van der Waals surface area contributed by atoms with Crippen molar-refractivity contribution in [1.29, 1.82) is 0 Å². The number of hydrogen-bond donors (Lipinski definition) is 1. The molecule has 3 aromatic rings. The lowest BCUT2D eigenvalue weighted by Gasteiger charge is -2.32. The number of H-pyrrole nitrogens is 1. The quantitative estimate of drug-likeness (QED) is 0.468. The van der Waals surface area contributed by atoms with Crippen LogP contribution < -0.4 is 5.56 Å². The number of nitrogens with one attached hydrogen (secondary N) is 1. The smallest absolute Gasteiger partial charge is 0.259 e. The average molecular weight is 499 g/mol. The molecular weight excluding hydrogens is 463 g/mol. The molecule has 0 radical (unpaired) electrons. The van der Waals surface area contributed by atoms with Gasteiger partial charge in [0.15, 0.2) is 0 Å². The number of carbonyl (C=O) groups excluding carboxylic acids is 1. The molecule has 9 heteroatoms. The minimum Gasteiger partial charge on any atom is -0.376 e. The Morgan fingerprint density at radius 3 is 2.64 bits per heavy atom. The number of halogens is 1. The van der Waals surface area contributed by atoms with Crippen molar-refractivity contribution in [2.45, 2.75) is 70.7 Å². The molecule has 3 heterocycles. The molecule has 0 bridgehead atoms. The standard InChI is InChI=1S/C27H35FN4O4/c1-17-13-24-22(25-23(26(33)30-24)15-29-32(25)19-5-3-4-6-19)14-21(17)27(34)31-9-7-20(8-10-31)36-12-11-35-16-18(2)28/h13-15,18-20H,3-12,16H2,1-2H3,(H,30,33). The van der Waals surface area contributed by atoms with Gasteiger partial charge in [0.2, 0.25) is 0 Å². The first kappa shape index (κ1) is 24.9. The molecule has 2 aliphatic rings. The molecule has 1 amide bonds. The highest BCUT2D eigenvalue weighted by Crippen LogP contribution is 2.34. The van der Waals surface area contributed by atoms with E-state index in [0.29, 0.717) is 37.3 Å². The van der Waals surface area contributed by atoms with Crippen LogP contribution in [-0.4, -0.2) is 70.8 Å². The Kier molecular flexibility index (Phi) is 7.39. The van der Waals surface area contributed by atoms with Crippen molar-refractivity contribution < 1.29 is 18.7 Å². The largest absolute Gasteiger partial charge is 0.376 e. The molecule has 5 rings (SSSR count). The summed E-state index contributed by atoms with van der Waals surface area (Å²) in [7, 11) is 0. The zero-order valence-corrected chi connectivity index (χ0v) is 21.1. The molecule has 1 unspecified atom stereocenters. The first-order valence-corrected chi connectivity index (χ1v) is 13.1. The molecule has 2 fully saturated rings. The van der Waals surface area contributed by atoms with Crippen LogP contribution in [0.15, 0.2) is 23.1 Å². The number of fused-ring (bicyclic) bond motifs is 3. The monoisotopic (exact) mass is 498 g/mol. The van der Waals surface area contributed by atoms with E-state index in [2.05, 4.69) is 10.1 Å². The number of likely N-dealkylation sites (tertiary alicyclic amines) is 1. The fourth-order valence-electron chi connectivity index (χ4n) is 5.57. The van der Waals surface area contributed by atoms with Crippen molar-refractivity contribution in [3.63, 3.8) is 0 Å². The summed E-state index contributed by atoms with van der Waals surface area (Å²) in [6.07, 6.45) is 6.71. The van der Waals surface area contributed by atoms with Crippen LogP contribution in [0.2, 0.25) is 0 Å². The van der Waals surface area contributed by atoms with Crippen LogP contribution in [0.1, 0.15) is 67.4 Å². The third-order valence-electron chi connectivity index (χ3n) is 7.47. The van der Waals surface area contributed by atoms with Gasteiger partial charge in [0.25, 0.3) is 11.5 Å². The zero-order chi connectivity index (χ0) is 25.2. The van der Waals surface area contributed by atoms with Crippen LogP contribution in [0.5, 0.6) is 0 Å². The van der Waals surface area contributed by atoms with E-state index in [9.17, 15) is 14.0 Å². The van der Waals surface area contributed by atoms with Crippen LogP contribution in [-0.2, 0) is 9.47 Å². The summed E-state index contributed by atoms with van der Waals surface area (Å²) >= 11 is 0. The second kappa shape index (κ2) is 10.7. The van der Waals surface area contributed by atoms with Crippen LogP contribution >= 0.6 is 0 Å². The predicted octanol–water partition coefficient (Wildman–Crippen LogP) is 4.30. The van der Waals surface area contributed by atoms with E-state index in [1.807, 2.05) is 28.6 Å². The number of alkyl halides is 1. The van der Waals surface area contributed by atoms with Crippen molar-refractivity contribution in [3.05, 3.63) is 39.8 Å². The van der Waals surface area contributed by atoms with Crippen molar-refractivity contribution in [2.75, 3.05) is 32.9 Å². The predicted molar refractivity (Wildman–Crippen MR) is 136 cm³/mol. The van der Waals surface area contributed by atoms with Crippen LogP contribution in [0.3, 0.4) is 0 Å². The number of aryl methyl sites for hydroxylation is 1. The molecule has 1 aromatic carbocycles. The third-order valence-corrected chi connectivity index (χ3v) is 7.47. The van der Waals surface area contributed by atoms with Crippen LogP contribution in [0.4, 0.5) is 4.39 Å². The number of carbonyl (C=O) groups is 1.